The van der Waals surface area contributed by atoms with Crippen LogP contribution in [0, 0.1) is 0 Å². The Kier molecular flexibility index (Phi) is 7.28. The number of carbonyl (C=O) groups is 1. The Bertz CT molecular complexity index is 1130. The summed E-state index contributed by atoms with van der Waals surface area (Å²) in [4.78, 5) is 12.3. The standard InChI is InChI=1S/C20H19N7OS3/c1-2-14-8-10-16(11-9-14)27-19(23-25-26-27)29-13-17(28)21-18-22-24-20(31-18)30-12-15-6-4-3-5-7-15/h3-11H,2,12-13H2,1H3,(H,21,22,28). The van der Waals surface area contributed by atoms with Gasteiger partial charge in [-0.15, -0.1) is 15.3 Å². The van der Waals surface area contributed by atoms with Gasteiger partial charge >= 0.3 is 0 Å². The number of nitrogens with one attached hydrogen (secondary N) is 1. The summed E-state index contributed by atoms with van der Waals surface area (Å²) in [5.41, 5.74) is 3.31. The maximum absolute atomic E-state index is 12.3. The molecule has 31 heavy (non-hydrogen) atoms. The highest BCUT2D eigenvalue weighted by molar-refractivity contribution is 8.00. The normalized spacial score (nSPS) is 10.9. The van der Waals surface area contributed by atoms with Crippen LogP contribution in [0.2, 0.25) is 0 Å². The highest BCUT2D eigenvalue weighted by Gasteiger charge is 2.13. The number of aryl methyl sites for hydroxylation is 1. The molecular formula is C20H19N7OS3. The summed E-state index contributed by atoms with van der Waals surface area (Å²) in [5, 5.41) is 23.8. The molecule has 1 N–H and O–H groups in total. The number of amides is 1. The van der Waals surface area contributed by atoms with Crippen LogP contribution in [-0.4, -0.2) is 42.1 Å². The number of hydrogen-bond donors (Lipinski definition) is 1. The molecule has 0 radical (unpaired) electrons. The van der Waals surface area contributed by atoms with Gasteiger partial charge in [-0.2, -0.15) is 4.68 Å². The van der Waals surface area contributed by atoms with Crippen molar-refractivity contribution in [1.82, 2.24) is 30.4 Å². The summed E-state index contributed by atoms with van der Waals surface area (Å²) in [6.07, 6.45) is 0.968. The molecule has 0 saturated heterocycles. The van der Waals surface area contributed by atoms with Gasteiger partial charge in [0.1, 0.15) is 0 Å². The van der Waals surface area contributed by atoms with Gasteiger partial charge in [0.25, 0.3) is 0 Å². The molecule has 0 spiro atoms. The molecule has 0 aliphatic carbocycles. The van der Waals surface area contributed by atoms with E-state index in [1.807, 2.05) is 42.5 Å². The zero-order chi connectivity index (χ0) is 21.5. The van der Waals surface area contributed by atoms with Crippen LogP contribution in [0.1, 0.15) is 18.1 Å². The summed E-state index contributed by atoms with van der Waals surface area (Å²) < 4.78 is 2.44. The Morgan fingerprint density at radius 3 is 2.58 bits per heavy atom. The summed E-state index contributed by atoms with van der Waals surface area (Å²) >= 11 is 4.22. The SMILES string of the molecule is CCc1ccc(-n2nnnc2SCC(=O)Nc2nnc(SCc3ccccc3)s2)cc1. The number of nitrogens with zero attached hydrogens (tertiary/aromatic N) is 6. The molecule has 0 bridgehead atoms. The first-order valence-electron chi connectivity index (χ1n) is 9.52. The summed E-state index contributed by atoms with van der Waals surface area (Å²) in [7, 11) is 0. The molecule has 11 heteroatoms. The van der Waals surface area contributed by atoms with Crippen molar-refractivity contribution in [2.45, 2.75) is 28.6 Å². The van der Waals surface area contributed by atoms with Crippen LogP contribution in [0.4, 0.5) is 5.13 Å². The Morgan fingerprint density at radius 2 is 1.81 bits per heavy atom. The molecule has 0 saturated carbocycles. The first-order chi connectivity index (χ1) is 15.2. The van der Waals surface area contributed by atoms with Crippen LogP contribution in [0.3, 0.4) is 0 Å². The van der Waals surface area contributed by atoms with Crippen molar-refractivity contribution in [2.75, 3.05) is 11.1 Å². The number of anilines is 1. The molecule has 1 amide bonds. The summed E-state index contributed by atoms with van der Waals surface area (Å²) in [6.45, 7) is 2.11. The molecule has 0 atom stereocenters. The fraction of sp³-hybridized carbons (Fsp3) is 0.200. The minimum atomic E-state index is -0.184. The Labute approximate surface area is 191 Å². The molecule has 4 rings (SSSR count). The van der Waals surface area contributed by atoms with Gasteiger partial charge in [0, 0.05) is 5.75 Å². The van der Waals surface area contributed by atoms with Gasteiger partial charge in [-0.25, -0.2) is 0 Å². The number of tetrazole rings is 1. The van der Waals surface area contributed by atoms with Crippen LogP contribution in [-0.2, 0) is 17.0 Å². The largest absolute Gasteiger partial charge is 0.300 e. The van der Waals surface area contributed by atoms with Crippen molar-refractivity contribution in [1.29, 1.82) is 0 Å². The van der Waals surface area contributed by atoms with Crippen molar-refractivity contribution in [2.24, 2.45) is 0 Å². The van der Waals surface area contributed by atoms with E-state index in [-0.39, 0.29) is 11.7 Å². The molecule has 0 fully saturated rings. The molecule has 0 aliphatic rings. The summed E-state index contributed by atoms with van der Waals surface area (Å²) in [6, 6.07) is 18.2. The maximum Gasteiger partial charge on any atom is 0.236 e. The molecule has 4 aromatic rings. The predicted molar refractivity (Wildman–Crippen MR) is 124 cm³/mol. The number of benzene rings is 2. The minimum absolute atomic E-state index is 0.166. The van der Waals surface area contributed by atoms with Gasteiger partial charge in [-0.05, 0) is 40.1 Å². The Morgan fingerprint density at radius 1 is 1.00 bits per heavy atom. The maximum atomic E-state index is 12.3. The topological polar surface area (TPSA) is 98.5 Å². The average Bonchev–Trinajstić information content (AvgIpc) is 3.46. The van der Waals surface area contributed by atoms with Gasteiger partial charge in [0.2, 0.25) is 16.2 Å². The predicted octanol–water partition coefficient (Wildman–Crippen LogP) is 4.10. The molecule has 0 aliphatic heterocycles. The average molecular weight is 470 g/mol. The molecule has 2 aromatic carbocycles. The zero-order valence-corrected chi connectivity index (χ0v) is 19.1. The molecule has 8 nitrogen and oxygen atoms in total. The van der Waals surface area contributed by atoms with Gasteiger partial charge in [-0.1, -0.05) is 84.2 Å². The van der Waals surface area contributed by atoms with Crippen LogP contribution in [0.25, 0.3) is 5.69 Å². The second-order valence-corrected chi connectivity index (χ2v) is 9.52. The fourth-order valence-electron chi connectivity index (χ4n) is 2.63. The molecule has 2 aromatic heterocycles. The van der Waals surface area contributed by atoms with Crippen molar-refractivity contribution >= 4 is 45.9 Å². The number of hydrogen-bond acceptors (Lipinski definition) is 9. The number of carbonyl (C=O) groups excluding carboxylic acids is 1. The monoisotopic (exact) mass is 469 g/mol. The van der Waals surface area contributed by atoms with E-state index < -0.39 is 0 Å². The minimum Gasteiger partial charge on any atom is -0.300 e. The third-order valence-electron chi connectivity index (χ3n) is 4.22. The molecule has 0 unspecified atom stereocenters. The fourth-order valence-corrected chi connectivity index (χ4v) is 5.04. The smallest absolute Gasteiger partial charge is 0.236 e. The van der Waals surface area contributed by atoms with Crippen LogP contribution >= 0.6 is 34.9 Å². The Hall–Kier alpha value is -2.76. The number of thioether (sulfide) groups is 2. The van der Waals surface area contributed by atoms with Gasteiger partial charge in [0.15, 0.2) is 4.34 Å². The molecule has 158 valence electrons. The van der Waals surface area contributed by atoms with Crippen molar-refractivity contribution in [3.8, 4) is 5.69 Å². The van der Waals surface area contributed by atoms with Crippen LogP contribution in [0.5, 0.6) is 0 Å². The zero-order valence-electron chi connectivity index (χ0n) is 16.6. The Balaban J connectivity index is 1.29. The first-order valence-corrected chi connectivity index (χ1v) is 12.3. The quantitative estimate of drug-likeness (QED) is 0.289. The van der Waals surface area contributed by atoms with Crippen molar-refractivity contribution < 1.29 is 4.79 Å². The molecule has 2 heterocycles. The van der Waals surface area contributed by atoms with Crippen LogP contribution in [0.15, 0.2) is 64.1 Å². The van der Waals surface area contributed by atoms with Gasteiger partial charge < -0.3 is 0 Å². The lowest BCUT2D eigenvalue weighted by Gasteiger charge is -2.05. The number of aromatic nitrogens is 6. The van der Waals surface area contributed by atoms with Crippen LogP contribution < -0.4 is 5.32 Å². The van der Waals surface area contributed by atoms with E-state index in [0.29, 0.717) is 10.3 Å². The van der Waals surface area contributed by atoms with E-state index in [1.54, 1.807) is 16.4 Å². The molecular weight excluding hydrogens is 450 g/mol. The summed E-state index contributed by atoms with van der Waals surface area (Å²) in [5.74, 6) is 0.789. The van der Waals surface area contributed by atoms with E-state index in [9.17, 15) is 4.79 Å². The second kappa shape index (κ2) is 10.5. The van der Waals surface area contributed by atoms with Gasteiger partial charge in [0.05, 0.1) is 11.4 Å². The highest BCUT2D eigenvalue weighted by atomic mass is 32.2. The van der Waals surface area contributed by atoms with Crippen molar-refractivity contribution in [3.05, 3.63) is 65.7 Å². The van der Waals surface area contributed by atoms with E-state index in [1.165, 1.54) is 34.2 Å². The second-order valence-electron chi connectivity index (χ2n) is 6.38. The van der Waals surface area contributed by atoms with E-state index in [4.69, 9.17) is 0 Å². The van der Waals surface area contributed by atoms with Gasteiger partial charge in [-0.3, -0.25) is 10.1 Å². The lowest BCUT2D eigenvalue weighted by molar-refractivity contribution is -0.113. The van der Waals surface area contributed by atoms with E-state index in [0.717, 1.165) is 22.2 Å². The third kappa shape index (κ3) is 5.90. The van der Waals surface area contributed by atoms with E-state index >= 15 is 0 Å². The van der Waals surface area contributed by atoms with E-state index in [2.05, 4.69) is 50.1 Å². The number of rotatable bonds is 9. The lowest BCUT2D eigenvalue weighted by atomic mass is 10.1. The highest BCUT2D eigenvalue weighted by Crippen LogP contribution is 2.28. The lowest BCUT2D eigenvalue weighted by Crippen LogP contribution is -2.14. The van der Waals surface area contributed by atoms with Crippen molar-refractivity contribution in [3.63, 3.8) is 0 Å². The third-order valence-corrected chi connectivity index (χ3v) is 7.18. The first kappa shape index (κ1) is 21.5.